The highest BCUT2D eigenvalue weighted by Crippen LogP contribution is 2.49. The molecular formula is C18H26N2O. The van der Waals surface area contributed by atoms with Gasteiger partial charge in [-0.1, -0.05) is 32.4 Å². The second kappa shape index (κ2) is 5.36. The maximum absolute atomic E-state index is 12.8. The maximum Gasteiger partial charge on any atom is 0.230 e. The first-order chi connectivity index (χ1) is 10.1. The number of carbonyl (C=O) groups is 1. The van der Waals surface area contributed by atoms with Crippen LogP contribution in [0.15, 0.2) is 24.3 Å². The van der Waals surface area contributed by atoms with Gasteiger partial charge in [-0.3, -0.25) is 4.79 Å². The van der Waals surface area contributed by atoms with Crippen molar-refractivity contribution >= 4 is 11.6 Å². The van der Waals surface area contributed by atoms with Gasteiger partial charge in [-0.15, -0.1) is 0 Å². The predicted octanol–water partition coefficient (Wildman–Crippen LogP) is 3.24. The minimum Gasteiger partial charge on any atom is -0.399 e. The highest BCUT2D eigenvalue weighted by Gasteiger charge is 2.52. The lowest BCUT2D eigenvalue weighted by Gasteiger charge is -2.24. The molecule has 0 aliphatic heterocycles. The summed E-state index contributed by atoms with van der Waals surface area (Å²) >= 11 is 0. The molecule has 2 aliphatic rings. The van der Waals surface area contributed by atoms with Gasteiger partial charge >= 0.3 is 0 Å². The second-order valence-electron chi connectivity index (χ2n) is 6.89. The molecule has 0 saturated heterocycles. The van der Waals surface area contributed by atoms with Gasteiger partial charge in [-0.05, 0) is 55.2 Å². The number of amides is 1. The molecule has 0 heterocycles. The molecule has 0 aromatic heterocycles. The molecule has 114 valence electrons. The summed E-state index contributed by atoms with van der Waals surface area (Å²) in [5.41, 5.74) is 7.34. The Kier molecular flexibility index (Phi) is 3.68. The molecule has 0 bridgehead atoms. The fraction of sp³-hybridized carbons (Fsp3) is 0.611. The molecule has 3 unspecified atom stereocenters. The Morgan fingerprint density at radius 2 is 1.95 bits per heavy atom. The summed E-state index contributed by atoms with van der Waals surface area (Å²) in [6, 6.07) is 8.17. The average Bonchev–Trinajstić information content (AvgIpc) is 3.22. The zero-order valence-electron chi connectivity index (χ0n) is 13.1. The second-order valence-corrected chi connectivity index (χ2v) is 6.89. The van der Waals surface area contributed by atoms with Crippen molar-refractivity contribution in [3.8, 4) is 0 Å². The monoisotopic (exact) mass is 286 g/mol. The van der Waals surface area contributed by atoms with Crippen LogP contribution in [-0.2, 0) is 10.2 Å². The SMILES string of the molecule is CCC1CCC(NC(=O)C2(c3ccc(N)cc3)CC2)C1C. The molecule has 2 aliphatic carbocycles. The summed E-state index contributed by atoms with van der Waals surface area (Å²) in [4.78, 5) is 12.8. The first-order valence-electron chi connectivity index (χ1n) is 8.24. The van der Waals surface area contributed by atoms with Gasteiger partial charge in [0.15, 0.2) is 0 Å². The van der Waals surface area contributed by atoms with Crippen LogP contribution in [0.25, 0.3) is 0 Å². The van der Waals surface area contributed by atoms with E-state index in [-0.39, 0.29) is 11.3 Å². The summed E-state index contributed by atoms with van der Waals surface area (Å²) in [6.07, 6.45) is 5.51. The van der Waals surface area contributed by atoms with Gasteiger partial charge in [-0.2, -0.15) is 0 Å². The third-order valence-corrected chi connectivity index (χ3v) is 5.72. The lowest BCUT2D eigenvalue weighted by atomic mass is 9.91. The highest BCUT2D eigenvalue weighted by atomic mass is 16.2. The summed E-state index contributed by atoms with van der Waals surface area (Å²) in [7, 11) is 0. The molecule has 3 N–H and O–H groups in total. The molecule has 3 rings (SSSR count). The zero-order valence-corrected chi connectivity index (χ0v) is 13.1. The number of carbonyl (C=O) groups excluding carboxylic acids is 1. The number of hydrogen-bond donors (Lipinski definition) is 2. The van der Waals surface area contributed by atoms with E-state index in [4.69, 9.17) is 5.73 Å². The van der Waals surface area contributed by atoms with Crippen molar-refractivity contribution in [2.45, 2.75) is 57.4 Å². The fourth-order valence-electron chi connectivity index (χ4n) is 3.91. The van der Waals surface area contributed by atoms with E-state index in [1.54, 1.807) is 0 Å². The molecule has 3 nitrogen and oxygen atoms in total. The normalized spacial score (nSPS) is 30.1. The first kappa shape index (κ1) is 14.4. The van der Waals surface area contributed by atoms with Gasteiger partial charge in [-0.25, -0.2) is 0 Å². The van der Waals surface area contributed by atoms with Crippen LogP contribution in [-0.4, -0.2) is 11.9 Å². The van der Waals surface area contributed by atoms with Crippen LogP contribution >= 0.6 is 0 Å². The number of anilines is 1. The van der Waals surface area contributed by atoms with Crippen molar-refractivity contribution in [1.29, 1.82) is 0 Å². The van der Waals surface area contributed by atoms with E-state index in [2.05, 4.69) is 19.2 Å². The third kappa shape index (κ3) is 2.54. The lowest BCUT2D eigenvalue weighted by molar-refractivity contribution is -0.124. The van der Waals surface area contributed by atoms with Crippen LogP contribution in [0, 0.1) is 11.8 Å². The molecule has 2 fully saturated rings. The Bertz CT molecular complexity index is 519. The number of benzene rings is 1. The van der Waals surface area contributed by atoms with Crippen molar-refractivity contribution in [2.24, 2.45) is 11.8 Å². The van der Waals surface area contributed by atoms with Crippen molar-refractivity contribution in [2.75, 3.05) is 5.73 Å². The van der Waals surface area contributed by atoms with Crippen molar-refractivity contribution in [1.82, 2.24) is 5.32 Å². The standard InChI is InChI=1S/C18H26N2O/c1-3-13-4-9-16(12(13)2)20-17(21)18(10-11-18)14-5-7-15(19)8-6-14/h5-8,12-13,16H,3-4,9-11,19H2,1-2H3,(H,20,21). The van der Waals surface area contributed by atoms with E-state index >= 15 is 0 Å². The zero-order chi connectivity index (χ0) is 15.0. The Balaban J connectivity index is 1.70. The van der Waals surface area contributed by atoms with Gasteiger partial charge in [0.25, 0.3) is 0 Å². The quantitative estimate of drug-likeness (QED) is 0.835. The Hall–Kier alpha value is -1.51. The van der Waals surface area contributed by atoms with E-state index in [0.29, 0.717) is 12.0 Å². The largest absolute Gasteiger partial charge is 0.399 e. The molecule has 1 aromatic rings. The van der Waals surface area contributed by atoms with Gasteiger partial charge in [0, 0.05) is 11.7 Å². The predicted molar refractivity (Wildman–Crippen MR) is 85.9 cm³/mol. The molecule has 21 heavy (non-hydrogen) atoms. The van der Waals surface area contributed by atoms with Crippen LogP contribution in [0.4, 0.5) is 5.69 Å². The molecule has 2 saturated carbocycles. The van der Waals surface area contributed by atoms with E-state index in [0.717, 1.165) is 36.4 Å². The average molecular weight is 286 g/mol. The summed E-state index contributed by atoms with van der Waals surface area (Å²) < 4.78 is 0. The smallest absolute Gasteiger partial charge is 0.230 e. The van der Waals surface area contributed by atoms with Crippen LogP contribution in [0.3, 0.4) is 0 Å². The van der Waals surface area contributed by atoms with Crippen LogP contribution in [0.1, 0.15) is 51.5 Å². The summed E-state index contributed by atoms with van der Waals surface area (Å²) in [5, 5.41) is 3.34. The molecule has 1 aromatic carbocycles. The van der Waals surface area contributed by atoms with E-state index in [1.165, 1.54) is 12.8 Å². The molecular weight excluding hydrogens is 260 g/mol. The molecule has 3 heteroatoms. The number of rotatable bonds is 4. The number of nitrogen functional groups attached to an aromatic ring is 1. The van der Waals surface area contributed by atoms with Gasteiger partial charge in [0.05, 0.1) is 5.41 Å². The van der Waals surface area contributed by atoms with Crippen LogP contribution in [0.5, 0.6) is 0 Å². The summed E-state index contributed by atoms with van der Waals surface area (Å²) in [5.74, 6) is 1.59. The number of nitrogens with one attached hydrogen (secondary N) is 1. The van der Waals surface area contributed by atoms with Gasteiger partial charge in [0.1, 0.15) is 0 Å². The van der Waals surface area contributed by atoms with Crippen molar-refractivity contribution in [3.05, 3.63) is 29.8 Å². The molecule has 0 radical (unpaired) electrons. The summed E-state index contributed by atoms with van der Waals surface area (Å²) in [6.45, 7) is 4.54. The van der Waals surface area contributed by atoms with Crippen molar-refractivity contribution < 1.29 is 4.79 Å². The van der Waals surface area contributed by atoms with Crippen LogP contribution < -0.4 is 11.1 Å². The molecule has 1 amide bonds. The highest BCUT2D eigenvalue weighted by molar-refractivity contribution is 5.91. The number of nitrogens with two attached hydrogens (primary N) is 1. The third-order valence-electron chi connectivity index (χ3n) is 5.72. The van der Waals surface area contributed by atoms with E-state index in [1.807, 2.05) is 24.3 Å². The maximum atomic E-state index is 12.8. The fourth-order valence-corrected chi connectivity index (χ4v) is 3.91. The number of hydrogen-bond acceptors (Lipinski definition) is 2. The minimum absolute atomic E-state index is 0.223. The molecule has 3 atom stereocenters. The van der Waals surface area contributed by atoms with Gasteiger partial charge < -0.3 is 11.1 Å². The van der Waals surface area contributed by atoms with E-state index in [9.17, 15) is 4.79 Å². The topological polar surface area (TPSA) is 55.1 Å². The Labute approximate surface area is 127 Å². The Morgan fingerprint density at radius 1 is 1.29 bits per heavy atom. The van der Waals surface area contributed by atoms with Crippen LogP contribution in [0.2, 0.25) is 0 Å². The van der Waals surface area contributed by atoms with E-state index < -0.39 is 0 Å². The minimum atomic E-state index is -0.280. The first-order valence-corrected chi connectivity index (χ1v) is 8.24. The lowest BCUT2D eigenvalue weighted by Crippen LogP contribution is -2.43. The Morgan fingerprint density at radius 3 is 2.48 bits per heavy atom. The van der Waals surface area contributed by atoms with Gasteiger partial charge in [0.2, 0.25) is 5.91 Å². The molecule has 0 spiro atoms. The van der Waals surface area contributed by atoms with Crippen molar-refractivity contribution in [3.63, 3.8) is 0 Å².